The molecular formula is C50H33N7S. The molecule has 274 valence electrons. The highest BCUT2D eigenvalue weighted by Gasteiger charge is 2.33. The molecule has 58 heavy (non-hydrogen) atoms. The van der Waals surface area contributed by atoms with Gasteiger partial charge in [0, 0.05) is 80.2 Å². The molecule has 8 heteroatoms. The molecule has 4 aromatic heterocycles. The Kier molecular flexibility index (Phi) is 8.67. The monoisotopic (exact) mass is 763 g/mol. The second-order valence-electron chi connectivity index (χ2n) is 14.1. The van der Waals surface area contributed by atoms with E-state index in [2.05, 4.69) is 147 Å². The van der Waals surface area contributed by atoms with E-state index < -0.39 is 0 Å². The van der Waals surface area contributed by atoms with Gasteiger partial charge < -0.3 is 9.13 Å². The SMILES string of the molecule is Cn1c2ccccc2c2c1c1c(c3c4ccccc4n(-c4ccc(Sc5ccc(C#N)cc5C#N)cc4)c32)N(c2ccccn2)c2ccccc2C1.c1ccncc1. The van der Waals surface area contributed by atoms with Crippen LogP contribution < -0.4 is 4.90 Å². The van der Waals surface area contributed by atoms with Crippen LogP contribution in [0.1, 0.15) is 22.3 Å². The van der Waals surface area contributed by atoms with Crippen molar-refractivity contribution in [3.8, 4) is 17.8 Å². The quantitative estimate of drug-likeness (QED) is 0.177. The Hall–Kier alpha value is -7.65. The number of aryl methyl sites for hydroxylation is 1. The standard InChI is InChI=1S/C45H28N6S.C5H5N/c1-49-37-14-6-3-11-33(37)41-43(49)35-25-29-10-2-5-13-36(29)51(40-16-8-9-23-48-40)44(35)42-34-12-4-7-15-38(34)50(45(41)42)31-18-20-32(21-19-31)52-39-22-17-28(26-46)24-30(39)27-47;1-2-4-6-5-3-1/h2-24H,25H2,1H3;1-5H. The fourth-order valence-electron chi connectivity index (χ4n) is 8.44. The molecule has 0 unspecified atom stereocenters. The lowest BCUT2D eigenvalue weighted by molar-refractivity contribution is 0.990. The lowest BCUT2D eigenvalue weighted by Crippen LogP contribution is -2.20. The first-order valence-corrected chi connectivity index (χ1v) is 19.8. The molecule has 0 N–H and O–H groups in total. The van der Waals surface area contributed by atoms with Gasteiger partial charge in [0.25, 0.3) is 0 Å². The molecule has 0 spiro atoms. The number of nitrogens with zero attached hydrogens (tertiary/aromatic N) is 7. The summed E-state index contributed by atoms with van der Waals surface area (Å²) in [6.45, 7) is 0. The molecule has 0 fully saturated rings. The zero-order valence-electron chi connectivity index (χ0n) is 31.4. The molecule has 0 saturated heterocycles. The Labute approximate surface area is 339 Å². The summed E-state index contributed by atoms with van der Waals surface area (Å²) < 4.78 is 4.80. The summed E-state index contributed by atoms with van der Waals surface area (Å²) in [6, 6.07) is 56.3. The van der Waals surface area contributed by atoms with E-state index in [0.717, 1.165) is 50.1 Å². The van der Waals surface area contributed by atoms with Crippen LogP contribution in [-0.4, -0.2) is 19.1 Å². The fraction of sp³-hybridized carbons (Fsp3) is 0.0400. The summed E-state index contributed by atoms with van der Waals surface area (Å²) in [5.41, 5.74) is 11.6. The Morgan fingerprint density at radius 3 is 2.05 bits per heavy atom. The zero-order valence-corrected chi connectivity index (χ0v) is 32.2. The van der Waals surface area contributed by atoms with Crippen LogP contribution in [0.4, 0.5) is 17.2 Å². The normalized spacial score (nSPS) is 11.8. The summed E-state index contributed by atoms with van der Waals surface area (Å²) in [5.74, 6) is 0.882. The smallest absolute Gasteiger partial charge is 0.137 e. The number of fused-ring (bicyclic) bond motifs is 11. The molecule has 0 saturated carbocycles. The number of benzene rings is 6. The van der Waals surface area contributed by atoms with Gasteiger partial charge in [-0.25, -0.2) is 4.98 Å². The lowest BCUT2D eigenvalue weighted by atomic mass is 9.90. The van der Waals surface area contributed by atoms with Crippen LogP contribution in [0.5, 0.6) is 0 Å². The Bertz CT molecular complexity index is 3240. The van der Waals surface area contributed by atoms with Crippen LogP contribution in [0.25, 0.3) is 49.3 Å². The van der Waals surface area contributed by atoms with E-state index in [1.165, 1.54) is 55.5 Å². The van der Waals surface area contributed by atoms with Crippen molar-refractivity contribution in [1.29, 1.82) is 10.5 Å². The average molecular weight is 764 g/mol. The fourth-order valence-corrected chi connectivity index (χ4v) is 9.32. The maximum absolute atomic E-state index is 9.80. The molecule has 1 aliphatic rings. The number of anilines is 3. The minimum Gasteiger partial charge on any atom is -0.343 e. The minimum atomic E-state index is 0.481. The van der Waals surface area contributed by atoms with E-state index in [-0.39, 0.29) is 0 Å². The van der Waals surface area contributed by atoms with Crippen LogP contribution in [0.2, 0.25) is 0 Å². The van der Waals surface area contributed by atoms with Gasteiger partial charge in [-0.05, 0) is 90.5 Å². The van der Waals surface area contributed by atoms with E-state index in [9.17, 15) is 10.5 Å². The third-order valence-corrected chi connectivity index (χ3v) is 11.9. The summed E-state index contributed by atoms with van der Waals surface area (Å²) in [6.07, 6.45) is 6.18. The average Bonchev–Trinajstić information content (AvgIpc) is 3.79. The molecule has 0 atom stereocenters. The number of pyridine rings is 2. The number of para-hydroxylation sites is 3. The van der Waals surface area contributed by atoms with Gasteiger partial charge in [0.15, 0.2) is 0 Å². The molecular weight excluding hydrogens is 731 g/mol. The molecule has 6 aromatic carbocycles. The molecule has 10 aromatic rings. The topological polar surface area (TPSA) is 86.5 Å². The minimum absolute atomic E-state index is 0.481. The van der Waals surface area contributed by atoms with Crippen molar-refractivity contribution < 1.29 is 0 Å². The van der Waals surface area contributed by atoms with Crippen LogP contribution in [0.15, 0.2) is 180 Å². The van der Waals surface area contributed by atoms with Crippen molar-refractivity contribution in [1.82, 2.24) is 19.1 Å². The highest BCUT2D eigenvalue weighted by atomic mass is 32.2. The Morgan fingerprint density at radius 1 is 0.638 bits per heavy atom. The van der Waals surface area contributed by atoms with Gasteiger partial charge in [-0.15, -0.1) is 0 Å². The second-order valence-corrected chi connectivity index (χ2v) is 15.2. The van der Waals surface area contributed by atoms with E-state index in [4.69, 9.17) is 4.98 Å². The van der Waals surface area contributed by atoms with Crippen molar-refractivity contribution in [2.45, 2.75) is 16.2 Å². The van der Waals surface area contributed by atoms with Crippen molar-refractivity contribution in [2.24, 2.45) is 7.05 Å². The van der Waals surface area contributed by atoms with Gasteiger partial charge in [-0.2, -0.15) is 10.5 Å². The number of hydrogen-bond acceptors (Lipinski definition) is 6. The van der Waals surface area contributed by atoms with Crippen LogP contribution in [-0.2, 0) is 13.5 Å². The highest BCUT2D eigenvalue weighted by molar-refractivity contribution is 7.99. The molecule has 1 aliphatic heterocycles. The number of aromatic nitrogens is 4. The molecule has 0 amide bonds. The van der Waals surface area contributed by atoms with E-state index in [1.807, 2.05) is 36.5 Å². The molecule has 11 rings (SSSR count). The van der Waals surface area contributed by atoms with Crippen molar-refractivity contribution in [3.63, 3.8) is 0 Å². The van der Waals surface area contributed by atoms with E-state index >= 15 is 0 Å². The molecule has 5 heterocycles. The second kappa shape index (κ2) is 14.5. The summed E-state index contributed by atoms with van der Waals surface area (Å²) in [5, 5.41) is 24.0. The number of nitriles is 2. The maximum Gasteiger partial charge on any atom is 0.137 e. The zero-order chi connectivity index (χ0) is 39.2. The van der Waals surface area contributed by atoms with Gasteiger partial charge in [0.05, 0.1) is 45.1 Å². The van der Waals surface area contributed by atoms with Gasteiger partial charge in [-0.1, -0.05) is 78.5 Å². The van der Waals surface area contributed by atoms with Crippen molar-refractivity contribution in [2.75, 3.05) is 4.90 Å². The largest absolute Gasteiger partial charge is 0.343 e. The summed E-state index contributed by atoms with van der Waals surface area (Å²) in [4.78, 5) is 12.9. The Morgan fingerprint density at radius 2 is 1.34 bits per heavy atom. The van der Waals surface area contributed by atoms with Crippen molar-refractivity contribution >= 4 is 72.6 Å². The predicted octanol–water partition coefficient (Wildman–Crippen LogP) is 12.2. The first-order chi connectivity index (χ1) is 28.6. The maximum atomic E-state index is 9.80. The lowest BCUT2D eigenvalue weighted by Gasteiger charge is -2.34. The molecule has 0 aliphatic carbocycles. The first-order valence-electron chi connectivity index (χ1n) is 19.0. The third-order valence-electron chi connectivity index (χ3n) is 10.8. The third kappa shape index (κ3) is 5.66. The van der Waals surface area contributed by atoms with Gasteiger partial charge in [0.2, 0.25) is 0 Å². The Balaban J connectivity index is 0.000000626. The first kappa shape index (κ1) is 34.8. The van der Waals surface area contributed by atoms with Gasteiger partial charge >= 0.3 is 0 Å². The van der Waals surface area contributed by atoms with Gasteiger partial charge in [-0.3, -0.25) is 9.88 Å². The van der Waals surface area contributed by atoms with Gasteiger partial charge in [0.1, 0.15) is 11.9 Å². The van der Waals surface area contributed by atoms with Crippen molar-refractivity contribution in [3.05, 3.63) is 193 Å². The predicted molar refractivity (Wildman–Crippen MR) is 234 cm³/mol. The van der Waals surface area contributed by atoms with Crippen LogP contribution >= 0.6 is 11.8 Å². The van der Waals surface area contributed by atoms with Crippen LogP contribution in [0, 0.1) is 22.7 Å². The van der Waals surface area contributed by atoms with E-state index in [1.54, 1.807) is 24.5 Å². The summed E-state index contributed by atoms with van der Waals surface area (Å²) in [7, 11) is 2.19. The van der Waals surface area contributed by atoms with Crippen LogP contribution in [0.3, 0.4) is 0 Å². The summed E-state index contributed by atoms with van der Waals surface area (Å²) >= 11 is 1.53. The number of hydrogen-bond donors (Lipinski definition) is 0. The number of rotatable bonds is 4. The molecule has 0 radical (unpaired) electrons. The van der Waals surface area contributed by atoms with E-state index in [0.29, 0.717) is 11.1 Å². The molecule has 0 bridgehead atoms. The highest BCUT2D eigenvalue weighted by Crippen LogP contribution is 2.54. The molecule has 7 nitrogen and oxygen atoms in total.